The topological polar surface area (TPSA) is 17.1 Å². The lowest BCUT2D eigenvalue weighted by molar-refractivity contribution is -0.108. The average molecular weight is 282 g/mol. The molecule has 0 aliphatic heterocycles. The highest BCUT2D eigenvalue weighted by Crippen LogP contribution is 2.35. The van der Waals surface area contributed by atoms with E-state index in [1.165, 1.54) is 24.3 Å². The molecule has 1 aliphatic carbocycles. The van der Waals surface area contributed by atoms with Gasteiger partial charge in [0.25, 0.3) is 0 Å². The molecule has 2 aromatic carbocycles. The molecule has 0 radical (unpaired) electrons. The summed E-state index contributed by atoms with van der Waals surface area (Å²) in [5.41, 5.74) is 3.35. The molecule has 1 nitrogen and oxygen atoms in total. The molecule has 0 saturated heterocycles. The highest BCUT2D eigenvalue weighted by molar-refractivity contribution is 5.97. The molecular formula is C18H12F2O. The van der Waals surface area contributed by atoms with E-state index < -0.39 is 0 Å². The van der Waals surface area contributed by atoms with Crippen molar-refractivity contribution in [3.63, 3.8) is 0 Å². The summed E-state index contributed by atoms with van der Waals surface area (Å²) in [7, 11) is 0. The zero-order valence-electron chi connectivity index (χ0n) is 11.1. The van der Waals surface area contributed by atoms with Crippen molar-refractivity contribution in [1.29, 1.82) is 0 Å². The summed E-state index contributed by atoms with van der Waals surface area (Å²) in [6.07, 6.45) is 4.57. The molecule has 0 amide bonds. The number of rotatable bonds is 3. The largest absolute Gasteiger partial charge is 0.302 e. The molecule has 0 bridgehead atoms. The summed E-state index contributed by atoms with van der Waals surface area (Å²) in [5.74, 6) is -0.978. The Hall–Kier alpha value is -2.55. The first-order valence-electron chi connectivity index (χ1n) is 6.58. The lowest BCUT2D eigenvalue weighted by atomic mass is 9.97. The van der Waals surface area contributed by atoms with E-state index in [-0.39, 0.29) is 17.6 Å². The predicted octanol–water partition coefficient (Wildman–Crippen LogP) is 4.26. The zero-order valence-corrected chi connectivity index (χ0v) is 11.1. The van der Waals surface area contributed by atoms with Gasteiger partial charge in [0, 0.05) is 0 Å². The molecule has 104 valence electrons. The van der Waals surface area contributed by atoms with Crippen LogP contribution in [0.4, 0.5) is 8.78 Å². The Morgan fingerprint density at radius 2 is 1.33 bits per heavy atom. The van der Waals surface area contributed by atoms with Gasteiger partial charge in [-0.1, -0.05) is 30.3 Å². The van der Waals surface area contributed by atoms with E-state index in [0.717, 1.165) is 28.6 Å². The molecule has 0 N–H and O–H groups in total. The summed E-state index contributed by atoms with van der Waals surface area (Å²) in [6, 6.07) is 12.2. The van der Waals surface area contributed by atoms with Gasteiger partial charge in [0.1, 0.15) is 17.9 Å². The van der Waals surface area contributed by atoms with Gasteiger partial charge in [0.05, 0.1) is 5.92 Å². The molecule has 0 spiro atoms. The fraction of sp³-hybridized carbons (Fsp3) is 0.0556. The predicted molar refractivity (Wildman–Crippen MR) is 78.3 cm³/mol. The minimum absolute atomic E-state index is 0.299. The zero-order chi connectivity index (χ0) is 14.8. The third-order valence-electron chi connectivity index (χ3n) is 3.53. The number of hydrogen-bond donors (Lipinski definition) is 0. The average Bonchev–Trinajstić information content (AvgIpc) is 2.93. The lowest BCUT2D eigenvalue weighted by Gasteiger charge is -2.06. The van der Waals surface area contributed by atoms with Crippen LogP contribution in [0.5, 0.6) is 0 Å². The molecule has 1 atom stereocenters. The number of carbonyl (C=O) groups excluding carboxylic acids is 1. The van der Waals surface area contributed by atoms with E-state index in [1.807, 2.05) is 12.2 Å². The van der Waals surface area contributed by atoms with E-state index >= 15 is 0 Å². The maximum absolute atomic E-state index is 13.0. The van der Waals surface area contributed by atoms with Crippen molar-refractivity contribution < 1.29 is 13.6 Å². The molecule has 3 heteroatoms. The van der Waals surface area contributed by atoms with Gasteiger partial charge in [-0.3, -0.25) is 0 Å². The Bertz CT molecular complexity index is 725. The van der Waals surface area contributed by atoms with Crippen LogP contribution in [-0.4, -0.2) is 6.29 Å². The fourth-order valence-corrected chi connectivity index (χ4v) is 2.45. The Kier molecular flexibility index (Phi) is 3.48. The normalized spacial score (nSPS) is 17.3. The third kappa shape index (κ3) is 2.68. The molecule has 1 unspecified atom stereocenters. The molecular weight excluding hydrogens is 270 g/mol. The summed E-state index contributed by atoms with van der Waals surface area (Å²) in [5, 5.41) is 0. The van der Waals surface area contributed by atoms with Crippen molar-refractivity contribution in [3.8, 4) is 0 Å². The van der Waals surface area contributed by atoms with Crippen molar-refractivity contribution in [2.24, 2.45) is 5.92 Å². The van der Waals surface area contributed by atoms with Crippen molar-refractivity contribution >= 4 is 17.4 Å². The monoisotopic (exact) mass is 282 g/mol. The highest BCUT2D eigenvalue weighted by atomic mass is 19.1. The van der Waals surface area contributed by atoms with Gasteiger partial charge in [0.15, 0.2) is 0 Å². The smallest absolute Gasteiger partial charge is 0.131 e. The van der Waals surface area contributed by atoms with Crippen LogP contribution in [-0.2, 0) is 4.79 Å². The van der Waals surface area contributed by atoms with Crippen LogP contribution in [0.3, 0.4) is 0 Å². The maximum atomic E-state index is 13.0. The van der Waals surface area contributed by atoms with Crippen LogP contribution in [0.25, 0.3) is 11.1 Å². The Morgan fingerprint density at radius 3 is 1.86 bits per heavy atom. The van der Waals surface area contributed by atoms with E-state index in [0.29, 0.717) is 0 Å². The first-order chi connectivity index (χ1) is 10.2. The van der Waals surface area contributed by atoms with Crippen LogP contribution < -0.4 is 0 Å². The molecule has 2 aromatic rings. The number of aldehydes is 1. The lowest BCUT2D eigenvalue weighted by Crippen LogP contribution is -1.98. The summed E-state index contributed by atoms with van der Waals surface area (Å²) in [4.78, 5) is 11.3. The minimum atomic E-state index is -0.365. The fourth-order valence-electron chi connectivity index (χ4n) is 2.45. The molecule has 0 heterocycles. The SMILES string of the molecule is O=CC1C=C(c2ccc(F)cc2)C=C1c1ccc(F)cc1. The van der Waals surface area contributed by atoms with Crippen molar-refractivity contribution in [3.05, 3.63) is 83.4 Å². The van der Waals surface area contributed by atoms with Gasteiger partial charge in [-0.15, -0.1) is 0 Å². The second-order valence-electron chi connectivity index (χ2n) is 4.90. The van der Waals surface area contributed by atoms with Gasteiger partial charge < -0.3 is 4.79 Å². The Balaban J connectivity index is 1.98. The molecule has 21 heavy (non-hydrogen) atoms. The minimum Gasteiger partial charge on any atom is -0.302 e. The van der Waals surface area contributed by atoms with E-state index in [1.54, 1.807) is 24.3 Å². The second kappa shape index (κ2) is 5.44. The van der Waals surface area contributed by atoms with E-state index in [9.17, 15) is 13.6 Å². The Labute approximate surface area is 121 Å². The first kappa shape index (κ1) is 13.4. The van der Waals surface area contributed by atoms with Crippen LogP contribution in [0, 0.1) is 17.6 Å². The number of halogens is 2. The summed E-state index contributed by atoms with van der Waals surface area (Å²) >= 11 is 0. The number of benzene rings is 2. The molecule has 0 saturated carbocycles. The van der Waals surface area contributed by atoms with Gasteiger partial charge in [-0.25, -0.2) is 8.78 Å². The first-order valence-corrected chi connectivity index (χ1v) is 6.58. The summed E-state index contributed by atoms with van der Waals surface area (Å²) in [6.45, 7) is 0. The van der Waals surface area contributed by atoms with E-state index in [4.69, 9.17) is 0 Å². The van der Waals surface area contributed by atoms with Crippen LogP contribution in [0.1, 0.15) is 11.1 Å². The Morgan fingerprint density at radius 1 is 0.810 bits per heavy atom. The van der Waals surface area contributed by atoms with Crippen LogP contribution in [0.2, 0.25) is 0 Å². The van der Waals surface area contributed by atoms with E-state index in [2.05, 4.69) is 0 Å². The van der Waals surface area contributed by atoms with Gasteiger partial charge in [-0.05, 0) is 52.6 Å². The standard InChI is InChI=1S/C18H12F2O/c19-16-5-1-12(2-6-16)14-9-15(11-21)18(10-14)13-3-7-17(20)8-4-13/h1-11,15H. The number of allylic oxidation sites excluding steroid dienone is 4. The molecule has 3 rings (SSSR count). The van der Waals surface area contributed by atoms with Gasteiger partial charge >= 0.3 is 0 Å². The second-order valence-corrected chi connectivity index (χ2v) is 4.90. The number of hydrogen-bond acceptors (Lipinski definition) is 1. The van der Waals surface area contributed by atoms with Gasteiger partial charge in [0.2, 0.25) is 0 Å². The molecule has 0 aromatic heterocycles. The van der Waals surface area contributed by atoms with Crippen molar-refractivity contribution in [1.82, 2.24) is 0 Å². The highest BCUT2D eigenvalue weighted by Gasteiger charge is 2.20. The third-order valence-corrected chi connectivity index (χ3v) is 3.53. The quantitative estimate of drug-likeness (QED) is 0.769. The molecule has 0 fully saturated rings. The van der Waals surface area contributed by atoms with Crippen molar-refractivity contribution in [2.75, 3.05) is 0 Å². The molecule has 1 aliphatic rings. The maximum Gasteiger partial charge on any atom is 0.131 e. The summed E-state index contributed by atoms with van der Waals surface area (Å²) < 4.78 is 26.0. The number of carbonyl (C=O) groups is 1. The van der Waals surface area contributed by atoms with Crippen LogP contribution >= 0.6 is 0 Å². The van der Waals surface area contributed by atoms with Crippen LogP contribution in [0.15, 0.2) is 60.7 Å². The van der Waals surface area contributed by atoms with Crippen molar-refractivity contribution in [2.45, 2.75) is 0 Å². The van der Waals surface area contributed by atoms with Gasteiger partial charge in [-0.2, -0.15) is 0 Å².